The first-order chi connectivity index (χ1) is 10.3. The molecule has 21 heavy (non-hydrogen) atoms. The summed E-state index contributed by atoms with van der Waals surface area (Å²) in [4.78, 5) is 4.06. The third-order valence-corrected chi connectivity index (χ3v) is 4.30. The Bertz CT molecular complexity index is 687. The first kappa shape index (κ1) is 13.8. The molecule has 1 atom stereocenters. The first-order valence-corrected chi connectivity index (χ1v) is 7.75. The average Bonchev–Trinajstić information content (AvgIpc) is 3.19. The van der Waals surface area contributed by atoms with Gasteiger partial charge in [-0.1, -0.05) is 30.4 Å². The molecule has 0 amide bonds. The van der Waals surface area contributed by atoms with Gasteiger partial charge in [-0.15, -0.1) is 10.2 Å². The van der Waals surface area contributed by atoms with E-state index in [2.05, 4.69) is 58.6 Å². The molecule has 3 rings (SSSR count). The number of imidazole rings is 1. The second kappa shape index (κ2) is 6.05. The Hall–Kier alpha value is -2.21. The summed E-state index contributed by atoms with van der Waals surface area (Å²) < 4.78 is 1.99. The number of aryl methyl sites for hydroxylation is 1. The molecule has 0 aliphatic carbocycles. The minimum absolute atomic E-state index is 0.194. The van der Waals surface area contributed by atoms with E-state index in [0.29, 0.717) is 0 Å². The van der Waals surface area contributed by atoms with Gasteiger partial charge in [0.25, 0.3) is 0 Å². The molecule has 0 aliphatic rings. The topological polar surface area (TPSA) is 55.6 Å². The molecule has 2 heterocycles. The molecule has 1 unspecified atom stereocenters. The lowest BCUT2D eigenvalue weighted by molar-refractivity contribution is 0.868. The van der Waals surface area contributed by atoms with Gasteiger partial charge in [0.15, 0.2) is 0 Å². The van der Waals surface area contributed by atoms with Crippen LogP contribution in [-0.2, 0) is 6.42 Å². The lowest BCUT2D eigenvalue weighted by Gasteiger charge is -2.13. The van der Waals surface area contributed by atoms with Crippen molar-refractivity contribution in [3.8, 4) is 5.69 Å². The van der Waals surface area contributed by atoms with E-state index in [1.54, 1.807) is 23.9 Å². The Morgan fingerprint density at radius 2 is 2.05 bits per heavy atom. The second-order valence-corrected chi connectivity index (χ2v) is 5.84. The van der Waals surface area contributed by atoms with Crippen LogP contribution < -0.4 is 5.32 Å². The zero-order valence-corrected chi connectivity index (χ0v) is 12.8. The Morgan fingerprint density at radius 1 is 1.24 bits per heavy atom. The fourth-order valence-corrected chi connectivity index (χ4v) is 2.84. The van der Waals surface area contributed by atoms with Crippen LogP contribution in [0.15, 0.2) is 43.0 Å². The van der Waals surface area contributed by atoms with E-state index in [0.717, 1.165) is 22.2 Å². The number of hydrogen-bond acceptors (Lipinski definition) is 5. The van der Waals surface area contributed by atoms with Crippen LogP contribution in [0.1, 0.15) is 30.5 Å². The summed E-state index contributed by atoms with van der Waals surface area (Å²) in [5.41, 5.74) is 2.32. The van der Waals surface area contributed by atoms with Crippen LogP contribution in [0.4, 0.5) is 5.13 Å². The van der Waals surface area contributed by atoms with Gasteiger partial charge in [-0.3, -0.25) is 0 Å². The largest absolute Gasteiger partial charge is 0.354 e. The van der Waals surface area contributed by atoms with Crippen molar-refractivity contribution in [3.63, 3.8) is 0 Å². The van der Waals surface area contributed by atoms with Crippen LogP contribution in [0.5, 0.6) is 0 Å². The van der Waals surface area contributed by atoms with E-state index >= 15 is 0 Å². The summed E-state index contributed by atoms with van der Waals surface area (Å²) in [6.07, 6.45) is 6.43. The lowest BCUT2D eigenvalue weighted by atomic mass is 10.1. The van der Waals surface area contributed by atoms with Gasteiger partial charge in [0.05, 0.1) is 12.4 Å². The second-order valence-electron chi connectivity index (χ2n) is 4.78. The zero-order valence-electron chi connectivity index (χ0n) is 12.0. The Balaban J connectivity index is 1.71. The molecular formula is C15H17N5S. The maximum atomic E-state index is 4.16. The number of nitrogens with one attached hydrogen (secondary N) is 1. The molecule has 1 aromatic carbocycles. The van der Waals surface area contributed by atoms with Crippen molar-refractivity contribution < 1.29 is 0 Å². The van der Waals surface area contributed by atoms with Crippen molar-refractivity contribution in [1.82, 2.24) is 19.7 Å². The van der Waals surface area contributed by atoms with Gasteiger partial charge in [0.2, 0.25) is 5.13 Å². The molecule has 6 heteroatoms. The quantitative estimate of drug-likeness (QED) is 0.784. The van der Waals surface area contributed by atoms with Gasteiger partial charge < -0.3 is 9.88 Å². The van der Waals surface area contributed by atoms with Crippen molar-refractivity contribution in [3.05, 3.63) is 53.6 Å². The molecular weight excluding hydrogens is 282 g/mol. The SMILES string of the molecule is CCc1nnc(NC(C)c2ccc(-n3ccnc3)cc2)s1. The molecule has 0 saturated carbocycles. The fourth-order valence-electron chi connectivity index (χ4n) is 2.07. The monoisotopic (exact) mass is 299 g/mol. The van der Waals surface area contributed by atoms with E-state index < -0.39 is 0 Å². The third kappa shape index (κ3) is 3.11. The molecule has 0 aliphatic heterocycles. The predicted molar refractivity (Wildman–Crippen MR) is 84.9 cm³/mol. The highest BCUT2D eigenvalue weighted by molar-refractivity contribution is 7.15. The van der Waals surface area contributed by atoms with E-state index in [1.807, 2.05) is 10.8 Å². The van der Waals surface area contributed by atoms with E-state index in [4.69, 9.17) is 0 Å². The molecule has 0 radical (unpaired) electrons. The molecule has 2 aromatic heterocycles. The highest BCUT2D eigenvalue weighted by Gasteiger charge is 2.09. The standard InChI is InChI=1S/C15H17N5S/c1-3-14-18-19-15(21-14)17-11(2)12-4-6-13(7-5-12)20-9-8-16-10-20/h4-11H,3H2,1-2H3,(H,17,19). The molecule has 5 nitrogen and oxygen atoms in total. The highest BCUT2D eigenvalue weighted by atomic mass is 32.1. The summed E-state index contributed by atoms with van der Waals surface area (Å²) in [7, 11) is 0. The minimum Gasteiger partial charge on any atom is -0.354 e. The smallest absolute Gasteiger partial charge is 0.206 e. The van der Waals surface area contributed by atoms with Crippen molar-refractivity contribution in [2.24, 2.45) is 0 Å². The molecule has 0 fully saturated rings. The number of benzene rings is 1. The van der Waals surface area contributed by atoms with Crippen LogP contribution in [-0.4, -0.2) is 19.7 Å². The summed E-state index contributed by atoms with van der Waals surface area (Å²) in [6.45, 7) is 4.21. The van der Waals surface area contributed by atoms with E-state index in [-0.39, 0.29) is 6.04 Å². The van der Waals surface area contributed by atoms with Gasteiger partial charge in [-0.25, -0.2) is 4.98 Å². The first-order valence-electron chi connectivity index (χ1n) is 6.93. The van der Waals surface area contributed by atoms with Crippen LogP contribution in [0.25, 0.3) is 5.69 Å². The predicted octanol–water partition coefficient (Wildman–Crippen LogP) is 3.46. The van der Waals surface area contributed by atoms with Crippen LogP contribution >= 0.6 is 11.3 Å². The number of nitrogens with zero attached hydrogens (tertiary/aromatic N) is 4. The molecule has 0 spiro atoms. The summed E-state index contributed by atoms with van der Waals surface area (Å²) in [5.74, 6) is 0. The Labute approximate surface area is 127 Å². The van der Waals surface area contributed by atoms with E-state index in [9.17, 15) is 0 Å². The maximum Gasteiger partial charge on any atom is 0.206 e. The summed E-state index contributed by atoms with van der Waals surface area (Å²) in [5, 5.41) is 13.6. The number of anilines is 1. The summed E-state index contributed by atoms with van der Waals surface area (Å²) in [6, 6.07) is 8.61. The van der Waals surface area contributed by atoms with Gasteiger partial charge in [0.1, 0.15) is 5.01 Å². The average molecular weight is 299 g/mol. The zero-order chi connectivity index (χ0) is 14.7. The molecule has 1 N–H and O–H groups in total. The fraction of sp³-hybridized carbons (Fsp3) is 0.267. The normalized spacial score (nSPS) is 12.3. The van der Waals surface area contributed by atoms with Gasteiger partial charge in [0, 0.05) is 18.1 Å². The van der Waals surface area contributed by atoms with Crippen molar-refractivity contribution in [1.29, 1.82) is 0 Å². The maximum absolute atomic E-state index is 4.16. The van der Waals surface area contributed by atoms with Gasteiger partial charge >= 0.3 is 0 Å². The molecule has 0 saturated heterocycles. The number of aromatic nitrogens is 4. The van der Waals surface area contributed by atoms with Crippen molar-refractivity contribution >= 4 is 16.5 Å². The summed E-state index contributed by atoms with van der Waals surface area (Å²) >= 11 is 1.61. The molecule has 3 aromatic rings. The molecule has 0 bridgehead atoms. The van der Waals surface area contributed by atoms with Crippen molar-refractivity contribution in [2.45, 2.75) is 26.3 Å². The van der Waals surface area contributed by atoms with E-state index in [1.165, 1.54) is 5.56 Å². The van der Waals surface area contributed by atoms with Gasteiger partial charge in [-0.2, -0.15) is 0 Å². The highest BCUT2D eigenvalue weighted by Crippen LogP contribution is 2.23. The number of hydrogen-bond donors (Lipinski definition) is 1. The van der Waals surface area contributed by atoms with Gasteiger partial charge in [-0.05, 0) is 31.0 Å². The Morgan fingerprint density at radius 3 is 2.67 bits per heavy atom. The number of rotatable bonds is 5. The lowest BCUT2D eigenvalue weighted by Crippen LogP contribution is -2.06. The van der Waals surface area contributed by atoms with Crippen LogP contribution in [0.3, 0.4) is 0 Å². The minimum atomic E-state index is 0.194. The van der Waals surface area contributed by atoms with Crippen LogP contribution in [0, 0.1) is 0 Å². The van der Waals surface area contributed by atoms with Crippen LogP contribution in [0.2, 0.25) is 0 Å². The van der Waals surface area contributed by atoms with Crippen molar-refractivity contribution in [2.75, 3.05) is 5.32 Å². The Kier molecular flexibility index (Phi) is 3.96. The molecule has 108 valence electrons. The third-order valence-electron chi connectivity index (χ3n) is 3.30.